The van der Waals surface area contributed by atoms with E-state index < -0.39 is 0 Å². The molecule has 0 radical (unpaired) electrons. The van der Waals surface area contributed by atoms with Crippen molar-refractivity contribution in [2.45, 2.75) is 6.17 Å². The summed E-state index contributed by atoms with van der Waals surface area (Å²) in [5.41, 5.74) is 0. The summed E-state index contributed by atoms with van der Waals surface area (Å²) in [7, 11) is 0. The summed E-state index contributed by atoms with van der Waals surface area (Å²) in [6.07, 6.45) is 7.23. The quantitative estimate of drug-likeness (QED) is 0.511. The van der Waals surface area contributed by atoms with Gasteiger partial charge in [-0.15, -0.1) is 0 Å². The average Bonchev–Trinajstić information content (AvgIpc) is 2.33. The van der Waals surface area contributed by atoms with Gasteiger partial charge in [0.2, 0.25) is 0 Å². The van der Waals surface area contributed by atoms with Crippen molar-refractivity contribution in [3.63, 3.8) is 0 Å². The lowest BCUT2D eigenvalue weighted by molar-refractivity contribution is 0.425. The summed E-state index contributed by atoms with van der Waals surface area (Å²) in [5.74, 6) is 0.500. The molecular formula is C7H8N2O. The molecule has 10 heavy (non-hydrogen) atoms. The Labute approximate surface area is 58.8 Å². The number of aliphatic hydroxyl groups is 1. The molecule has 0 saturated carbocycles. The molecule has 0 aliphatic carbocycles. The van der Waals surface area contributed by atoms with Crippen molar-refractivity contribution in [1.82, 2.24) is 5.32 Å². The van der Waals surface area contributed by atoms with E-state index >= 15 is 0 Å². The van der Waals surface area contributed by atoms with Gasteiger partial charge in [-0.3, -0.25) is 4.99 Å². The highest BCUT2D eigenvalue weighted by molar-refractivity contribution is 5.76. The van der Waals surface area contributed by atoms with Crippen LogP contribution in [-0.4, -0.2) is 17.5 Å². The van der Waals surface area contributed by atoms with Crippen molar-refractivity contribution >= 4 is 6.21 Å². The van der Waals surface area contributed by atoms with Crippen LogP contribution < -0.4 is 5.32 Å². The number of aliphatic hydroxyl groups excluding tert-OH is 1. The second-order valence-corrected chi connectivity index (χ2v) is 2.42. The van der Waals surface area contributed by atoms with Crippen LogP contribution in [0.25, 0.3) is 0 Å². The highest BCUT2D eigenvalue weighted by Crippen LogP contribution is 2.18. The minimum absolute atomic E-state index is 0.121. The Morgan fingerprint density at radius 1 is 1.60 bits per heavy atom. The van der Waals surface area contributed by atoms with Gasteiger partial charge in [0.15, 0.2) is 0 Å². The van der Waals surface area contributed by atoms with Gasteiger partial charge in [-0.25, -0.2) is 0 Å². The third kappa shape index (κ3) is 0.708. The number of aliphatic imine (C=N–C) groups is 1. The Hall–Kier alpha value is -1.25. The van der Waals surface area contributed by atoms with Crippen LogP contribution >= 0.6 is 0 Å². The minimum Gasteiger partial charge on any atom is -0.507 e. The fraction of sp³-hybridized carbons (Fsp3) is 0.286. The van der Waals surface area contributed by atoms with E-state index in [9.17, 15) is 0 Å². The summed E-state index contributed by atoms with van der Waals surface area (Å²) in [4.78, 5) is 4.06. The van der Waals surface area contributed by atoms with E-state index in [1.54, 1.807) is 6.08 Å². The molecule has 2 heterocycles. The van der Waals surface area contributed by atoms with Crippen molar-refractivity contribution in [2.75, 3.05) is 0 Å². The largest absolute Gasteiger partial charge is 0.507 e. The zero-order chi connectivity index (χ0) is 6.97. The number of dihydropyridines is 1. The van der Waals surface area contributed by atoms with Gasteiger partial charge in [-0.05, 0) is 12.3 Å². The van der Waals surface area contributed by atoms with E-state index in [0.29, 0.717) is 0 Å². The zero-order valence-corrected chi connectivity index (χ0v) is 5.36. The molecule has 0 aromatic rings. The van der Waals surface area contributed by atoms with Gasteiger partial charge in [0.1, 0.15) is 11.9 Å². The topological polar surface area (TPSA) is 44.6 Å². The molecule has 3 nitrogen and oxygen atoms in total. The smallest absolute Gasteiger partial charge is 0.130 e. The summed E-state index contributed by atoms with van der Waals surface area (Å²) in [5, 5.41) is 12.1. The number of nitrogens with zero attached hydrogens (tertiary/aromatic N) is 1. The number of hydrogen-bond acceptors (Lipinski definition) is 3. The number of fused-ring (bicyclic) bond motifs is 1. The molecule has 0 bridgehead atoms. The lowest BCUT2D eigenvalue weighted by atomic mass is 10.1. The number of rotatable bonds is 0. The first-order chi connectivity index (χ1) is 4.86. The van der Waals surface area contributed by atoms with Crippen LogP contribution in [0.2, 0.25) is 0 Å². The van der Waals surface area contributed by atoms with E-state index in [0.717, 1.165) is 0 Å². The first-order valence-electron chi connectivity index (χ1n) is 3.23. The van der Waals surface area contributed by atoms with Gasteiger partial charge in [0, 0.05) is 5.92 Å². The third-order valence-corrected chi connectivity index (χ3v) is 1.68. The molecule has 52 valence electrons. The molecule has 0 saturated heterocycles. The predicted octanol–water partition coefficient (Wildman–Crippen LogP) is 0.572. The van der Waals surface area contributed by atoms with E-state index in [4.69, 9.17) is 5.11 Å². The Balaban J connectivity index is 2.26. The van der Waals surface area contributed by atoms with Gasteiger partial charge < -0.3 is 10.4 Å². The maximum Gasteiger partial charge on any atom is 0.130 e. The summed E-state index contributed by atoms with van der Waals surface area (Å²) in [6.45, 7) is 0. The molecule has 0 spiro atoms. The standard InChI is InChI=1S/C7H8N2O/c10-6-3-5-1-2-8-7(5)9-4-6/h1-5,7-8,10H. The SMILES string of the molecule is OC1=CC2C=CNC2N=C1. The lowest BCUT2D eigenvalue weighted by Crippen LogP contribution is -2.25. The Morgan fingerprint density at radius 3 is 3.40 bits per heavy atom. The lowest BCUT2D eigenvalue weighted by Gasteiger charge is -2.15. The fourth-order valence-corrected chi connectivity index (χ4v) is 1.17. The van der Waals surface area contributed by atoms with Gasteiger partial charge in [-0.1, -0.05) is 6.08 Å². The van der Waals surface area contributed by atoms with Gasteiger partial charge in [-0.2, -0.15) is 0 Å². The highest BCUT2D eigenvalue weighted by atomic mass is 16.3. The van der Waals surface area contributed by atoms with Crippen LogP contribution in [0.4, 0.5) is 0 Å². The number of allylic oxidation sites excluding steroid dienone is 1. The van der Waals surface area contributed by atoms with Crippen LogP contribution in [0.5, 0.6) is 0 Å². The maximum atomic E-state index is 9.01. The second-order valence-electron chi connectivity index (χ2n) is 2.42. The summed E-state index contributed by atoms with van der Waals surface area (Å²) < 4.78 is 0. The molecular weight excluding hydrogens is 128 g/mol. The van der Waals surface area contributed by atoms with Crippen molar-refractivity contribution in [2.24, 2.45) is 10.9 Å². The summed E-state index contributed by atoms with van der Waals surface area (Å²) in [6, 6.07) is 0. The molecule has 2 aliphatic rings. The molecule has 0 fully saturated rings. The molecule has 0 amide bonds. The van der Waals surface area contributed by atoms with Crippen molar-refractivity contribution < 1.29 is 5.11 Å². The molecule has 2 unspecified atom stereocenters. The normalized spacial score (nSPS) is 35.0. The molecule has 2 N–H and O–H groups in total. The van der Waals surface area contributed by atoms with Gasteiger partial charge >= 0.3 is 0 Å². The molecule has 2 rings (SSSR count). The molecule has 0 aromatic heterocycles. The van der Waals surface area contributed by atoms with Crippen molar-refractivity contribution in [3.05, 3.63) is 24.1 Å². The van der Waals surface area contributed by atoms with E-state index in [-0.39, 0.29) is 17.8 Å². The van der Waals surface area contributed by atoms with Crippen LogP contribution in [-0.2, 0) is 0 Å². The molecule has 2 atom stereocenters. The Kier molecular flexibility index (Phi) is 1.03. The first kappa shape index (κ1) is 5.53. The van der Waals surface area contributed by atoms with E-state index in [1.165, 1.54) is 6.21 Å². The van der Waals surface area contributed by atoms with Crippen molar-refractivity contribution in [3.8, 4) is 0 Å². The molecule has 3 heteroatoms. The number of hydrogen-bond donors (Lipinski definition) is 2. The monoisotopic (exact) mass is 136 g/mol. The zero-order valence-electron chi connectivity index (χ0n) is 5.36. The van der Waals surface area contributed by atoms with Gasteiger partial charge in [0.05, 0.1) is 6.21 Å². The van der Waals surface area contributed by atoms with Crippen molar-refractivity contribution in [1.29, 1.82) is 0 Å². The van der Waals surface area contributed by atoms with E-state index in [1.807, 2.05) is 12.3 Å². The summed E-state index contributed by atoms with van der Waals surface area (Å²) >= 11 is 0. The second kappa shape index (κ2) is 1.87. The van der Waals surface area contributed by atoms with Crippen LogP contribution in [0.3, 0.4) is 0 Å². The minimum atomic E-state index is 0.121. The van der Waals surface area contributed by atoms with Crippen LogP contribution in [0.15, 0.2) is 29.1 Å². The maximum absolute atomic E-state index is 9.01. The Bertz CT molecular complexity index is 230. The first-order valence-corrected chi connectivity index (χ1v) is 3.23. The fourth-order valence-electron chi connectivity index (χ4n) is 1.17. The van der Waals surface area contributed by atoms with E-state index in [2.05, 4.69) is 10.3 Å². The van der Waals surface area contributed by atoms with Crippen LogP contribution in [0, 0.1) is 5.92 Å². The number of nitrogens with one attached hydrogen (secondary N) is 1. The Morgan fingerprint density at radius 2 is 2.50 bits per heavy atom. The van der Waals surface area contributed by atoms with Gasteiger partial charge in [0.25, 0.3) is 0 Å². The third-order valence-electron chi connectivity index (χ3n) is 1.68. The predicted molar refractivity (Wildman–Crippen MR) is 38.8 cm³/mol. The molecule has 2 aliphatic heterocycles. The average molecular weight is 136 g/mol. The molecule has 0 aromatic carbocycles. The van der Waals surface area contributed by atoms with Crippen LogP contribution in [0.1, 0.15) is 0 Å². The highest BCUT2D eigenvalue weighted by Gasteiger charge is 2.21.